The van der Waals surface area contributed by atoms with Gasteiger partial charge < -0.3 is 10.2 Å². The summed E-state index contributed by atoms with van der Waals surface area (Å²) in [6, 6.07) is 18.7. The zero-order valence-corrected chi connectivity index (χ0v) is 16.8. The molecule has 3 rings (SSSR count). The van der Waals surface area contributed by atoms with Crippen molar-refractivity contribution in [3.05, 3.63) is 76.8 Å². The Morgan fingerprint density at radius 2 is 1.52 bits per heavy atom. The van der Waals surface area contributed by atoms with E-state index in [9.17, 15) is 0 Å². The average molecular weight is 417 g/mol. The predicted molar refractivity (Wildman–Crippen MR) is 114 cm³/mol. The molecule has 0 spiro atoms. The molecular formula is C22H25ClN2O4. The number of carbonyl (C=O) groups is 2. The third-order valence-corrected chi connectivity index (χ3v) is 4.65. The zero-order chi connectivity index (χ0) is 21.1. The van der Waals surface area contributed by atoms with Crippen LogP contribution in [0.2, 0.25) is 5.02 Å². The summed E-state index contributed by atoms with van der Waals surface area (Å²) in [7, 11) is 0. The molecule has 1 aliphatic rings. The summed E-state index contributed by atoms with van der Waals surface area (Å²) in [5, 5.41) is 15.6. The molecule has 1 saturated heterocycles. The molecule has 1 fully saturated rings. The lowest BCUT2D eigenvalue weighted by Gasteiger charge is -2.34. The topological polar surface area (TPSA) is 81.1 Å². The fourth-order valence-corrected chi connectivity index (χ4v) is 3.14. The Hall–Kier alpha value is -2.67. The van der Waals surface area contributed by atoms with E-state index < -0.39 is 11.9 Å². The summed E-state index contributed by atoms with van der Waals surface area (Å²) in [4.78, 5) is 23.2. The van der Waals surface area contributed by atoms with E-state index in [4.69, 9.17) is 31.4 Å². The first-order valence-corrected chi connectivity index (χ1v) is 9.69. The number of piperazine rings is 1. The minimum absolute atomic E-state index is 0.826. The van der Waals surface area contributed by atoms with E-state index in [0.717, 1.165) is 44.3 Å². The molecule has 1 heterocycles. The van der Waals surface area contributed by atoms with Gasteiger partial charge in [-0.2, -0.15) is 0 Å². The predicted octanol–water partition coefficient (Wildman–Crippen LogP) is 3.33. The molecule has 0 saturated carbocycles. The smallest absolute Gasteiger partial charge is 0.414 e. The zero-order valence-electron chi connectivity index (χ0n) is 16.1. The number of nitrogens with zero attached hydrogens (tertiary/aromatic N) is 2. The van der Waals surface area contributed by atoms with Crippen LogP contribution >= 0.6 is 11.6 Å². The highest BCUT2D eigenvalue weighted by atomic mass is 35.5. The lowest BCUT2D eigenvalue weighted by Crippen LogP contribution is -2.45. The first kappa shape index (κ1) is 22.6. The van der Waals surface area contributed by atoms with E-state index in [1.165, 1.54) is 11.1 Å². The van der Waals surface area contributed by atoms with Gasteiger partial charge in [0.2, 0.25) is 0 Å². The highest BCUT2D eigenvalue weighted by Crippen LogP contribution is 2.14. The van der Waals surface area contributed by atoms with Gasteiger partial charge in [-0.15, -0.1) is 0 Å². The van der Waals surface area contributed by atoms with Crippen molar-refractivity contribution in [2.24, 2.45) is 0 Å². The Labute approximate surface area is 175 Å². The molecule has 0 aromatic heterocycles. The van der Waals surface area contributed by atoms with Crippen LogP contribution in [-0.4, -0.2) is 64.7 Å². The summed E-state index contributed by atoms with van der Waals surface area (Å²) in [6.45, 7) is 6.50. The molecule has 29 heavy (non-hydrogen) atoms. The molecule has 154 valence electrons. The van der Waals surface area contributed by atoms with Crippen LogP contribution in [0.25, 0.3) is 6.08 Å². The Kier molecular flexibility index (Phi) is 9.37. The third kappa shape index (κ3) is 8.91. The van der Waals surface area contributed by atoms with Crippen LogP contribution in [0, 0.1) is 0 Å². The molecule has 7 heteroatoms. The van der Waals surface area contributed by atoms with Gasteiger partial charge in [-0.3, -0.25) is 9.80 Å². The molecule has 2 aromatic rings. The maximum atomic E-state index is 9.10. The molecular weight excluding hydrogens is 392 g/mol. The van der Waals surface area contributed by atoms with Crippen LogP contribution in [-0.2, 0) is 16.1 Å². The number of benzene rings is 2. The summed E-state index contributed by atoms with van der Waals surface area (Å²) in [6.07, 6.45) is 4.47. The van der Waals surface area contributed by atoms with E-state index in [0.29, 0.717) is 0 Å². The van der Waals surface area contributed by atoms with Crippen molar-refractivity contribution in [2.75, 3.05) is 32.7 Å². The molecule has 0 radical (unpaired) electrons. The van der Waals surface area contributed by atoms with Crippen LogP contribution in [0.4, 0.5) is 0 Å². The maximum absolute atomic E-state index is 9.10. The van der Waals surface area contributed by atoms with Gasteiger partial charge in [-0.1, -0.05) is 66.2 Å². The fourth-order valence-electron chi connectivity index (χ4n) is 2.93. The van der Waals surface area contributed by atoms with Crippen LogP contribution in [0.15, 0.2) is 60.7 Å². The van der Waals surface area contributed by atoms with Gasteiger partial charge in [0.1, 0.15) is 0 Å². The molecule has 0 atom stereocenters. The van der Waals surface area contributed by atoms with Crippen molar-refractivity contribution >= 4 is 29.6 Å². The normalized spacial score (nSPS) is 14.9. The summed E-state index contributed by atoms with van der Waals surface area (Å²) >= 11 is 6.06. The highest BCUT2D eigenvalue weighted by molar-refractivity contribution is 6.30. The SMILES string of the molecule is Clc1cccc(CN2CCN(C/C=C/c3ccccc3)CC2)c1.O=C(O)C(=O)O. The quantitative estimate of drug-likeness (QED) is 0.728. The number of hydrogen-bond donors (Lipinski definition) is 2. The van der Waals surface area contributed by atoms with Crippen LogP contribution in [0.5, 0.6) is 0 Å². The number of rotatable bonds is 5. The summed E-state index contributed by atoms with van der Waals surface area (Å²) in [5.74, 6) is -3.65. The molecule has 2 N–H and O–H groups in total. The van der Waals surface area contributed by atoms with Gasteiger partial charge in [0.05, 0.1) is 0 Å². The number of carboxylic acid groups (broad SMARTS) is 2. The van der Waals surface area contributed by atoms with Gasteiger partial charge in [0.15, 0.2) is 0 Å². The van der Waals surface area contributed by atoms with Gasteiger partial charge >= 0.3 is 11.9 Å². The first-order valence-electron chi connectivity index (χ1n) is 9.31. The lowest BCUT2D eigenvalue weighted by molar-refractivity contribution is -0.159. The molecule has 0 aliphatic carbocycles. The van der Waals surface area contributed by atoms with Crippen molar-refractivity contribution in [3.8, 4) is 0 Å². The fraction of sp³-hybridized carbons (Fsp3) is 0.273. The molecule has 1 aliphatic heterocycles. The largest absolute Gasteiger partial charge is 0.473 e. The van der Waals surface area contributed by atoms with E-state index in [-0.39, 0.29) is 0 Å². The third-order valence-electron chi connectivity index (χ3n) is 4.42. The van der Waals surface area contributed by atoms with Gasteiger partial charge in [0.25, 0.3) is 0 Å². The van der Waals surface area contributed by atoms with Crippen molar-refractivity contribution < 1.29 is 19.8 Å². The summed E-state index contributed by atoms with van der Waals surface area (Å²) < 4.78 is 0. The first-order chi connectivity index (χ1) is 13.9. The van der Waals surface area contributed by atoms with E-state index in [2.05, 4.69) is 64.4 Å². The van der Waals surface area contributed by atoms with Crippen molar-refractivity contribution in [3.63, 3.8) is 0 Å². The van der Waals surface area contributed by atoms with E-state index >= 15 is 0 Å². The molecule has 0 unspecified atom stereocenters. The lowest BCUT2D eigenvalue weighted by atomic mass is 10.2. The van der Waals surface area contributed by atoms with Gasteiger partial charge in [0, 0.05) is 44.3 Å². The second kappa shape index (κ2) is 12.0. The Bertz CT molecular complexity index is 807. The molecule has 0 amide bonds. The Morgan fingerprint density at radius 1 is 0.897 bits per heavy atom. The Morgan fingerprint density at radius 3 is 2.10 bits per heavy atom. The van der Waals surface area contributed by atoms with Crippen molar-refractivity contribution in [1.82, 2.24) is 9.80 Å². The highest BCUT2D eigenvalue weighted by Gasteiger charge is 2.15. The maximum Gasteiger partial charge on any atom is 0.414 e. The Balaban J connectivity index is 0.000000438. The van der Waals surface area contributed by atoms with Gasteiger partial charge in [-0.25, -0.2) is 9.59 Å². The summed E-state index contributed by atoms with van der Waals surface area (Å²) in [5.41, 5.74) is 2.57. The monoisotopic (exact) mass is 416 g/mol. The standard InChI is InChI=1S/C20H23ClN2.C2H2O4/c21-20-10-4-8-19(16-20)17-23-14-12-22(13-15-23)11-5-9-18-6-2-1-3-7-18;3-1(4)2(5)6/h1-10,16H,11-15,17H2;(H,3,4)(H,5,6)/b9-5+;. The molecule has 2 aromatic carbocycles. The minimum atomic E-state index is -1.82. The number of hydrogen-bond acceptors (Lipinski definition) is 4. The molecule has 6 nitrogen and oxygen atoms in total. The van der Waals surface area contributed by atoms with E-state index in [1.54, 1.807) is 0 Å². The van der Waals surface area contributed by atoms with Crippen LogP contribution in [0.3, 0.4) is 0 Å². The van der Waals surface area contributed by atoms with Gasteiger partial charge in [-0.05, 0) is 23.3 Å². The van der Waals surface area contributed by atoms with E-state index in [1.807, 2.05) is 12.1 Å². The van der Waals surface area contributed by atoms with Crippen molar-refractivity contribution in [2.45, 2.75) is 6.54 Å². The average Bonchev–Trinajstić information content (AvgIpc) is 2.71. The van der Waals surface area contributed by atoms with Crippen LogP contribution in [0.1, 0.15) is 11.1 Å². The number of aliphatic carboxylic acids is 2. The van der Waals surface area contributed by atoms with Crippen molar-refractivity contribution in [1.29, 1.82) is 0 Å². The molecule has 0 bridgehead atoms. The number of carboxylic acids is 2. The number of halogens is 1. The van der Waals surface area contributed by atoms with Crippen LogP contribution < -0.4 is 0 Å². The second-order valence-corrected chi connectivity index (χ2v) is 7.07. The second-order valence-electron chi connectivity index (χ2n) is 6.63. The minimum Gasteiger partial charge on any atom is -0.473 e.